The number of rotatable bonds is 7. The molecule has 24 heavy (non-hydrogen) atoms. The van der Waals surface area contributed by atoms with Gasteiger partial charge in [-0.25, -0.2) is 0 Å². The zero-order valence-electron chi connectivity index (χ0n) is 14.2. The molecule has 0 radical (unpaired) electrons. The predicted molar refractivity (Wildman–Crippen MR) is 92.4 cm³/mol. The van der Waals surface area contributed by atoms with E-state index < -0.39 is 5.92 Å². The van der Waals surface area contributed by atoms with Crippen molar-refractivity contribution in [2.24, 2.45) is 11.8 Å². The van der Waals surface area contributed by atoms with Crippen LogP contribution in [0.5, 0.6) is 0 Å². The zero-order valence-corrected chi connectivity index (χ0v) is 14.2. The van der Waals surface area contributed by atoms with Gasteiger partial charge in [0.1, 0.15) is 0 Å². The maximum Gasteiger partial charge on any atom is 0.239 e. The number of anilines is 1. The summed E-state index contributed by atoms with van der Waals surface area (Å²) in [7, 11) is 0. The van der Waals surface area contributed by atoms with E-state index in [0.29, 0.717) is 19.0 Å². The Morgan fingerprint density at radius 1 is 1.21 bits per heavy atom. The molecule has 1 atom stereocenters. The molecular weight excluding hydrogens is 306 g/mol. The minimum absolute atomic E-state index is 0.0487. The second kappa shape index (κ2) is 8.47. The first-order valence-corrected chi connectivity index (χ1v) is 8.37. The van der Waals surface area contributed by atoms with Crippen molar-refractivity contribution >= 4 is 23.4 Å². The molecular formula is C18H25N3O3. The fourth-order valence-corrected chi connectivity index (χ4v) is 2.62. The van der Waals surface area contributed by atoms with Gasteiger partial charge in [0.15, 0.2) is 0 Å². The zero-order chi connectivity index (χ0) is 17.5. The summed E-state index contributed by atoms with van der Waals surface area (Å²) in [5.74, 6) is -0.411. The molecule has 0 bridgehead atoms. The Hall–Kier alpha value is -2.37. The van der Waals surface area contributed by atoms with Gasteiger partial charge in [-0.15, -0.1) is 0 Å². The van der Waals surface area contributed by atoms with Crippen LogP contribution in [0.15, 0.2) is 30.3 Å². The standard InChI is InChI=1S/C18H25N3O3/c1-13(2)8-9-19-16(22)11-20-18(24)14-10-17(23)21(12-14)15-6-4-3-5-7-15/h3-7,13-14H,8-12H2,1-2H3,(H,19,22)(H,20,24)/t14-/m1/s1. The molecule has 1 saturated heterocycles. The van der Waals surface area contributed by atoms with Gasteiger partial charge in [0.25, 0.3) is 0 Å². The van der Waals surface area contributed by atoms with Gasteiger partial charge >= 0.3 is 0 Å². The van der Waals surface area contributed by atoms with E-state index in [0.717, 1.165) is 12.1 Å². The highest BCUT2D eigenvalue weighted by Crippen LogP contribution is 2.24. The van der Waals surface area contributed by atoms with Crippen molar-refractivity contribution in [3.05, 3.63) is 30.3 Å². The third-order valence-corrected chi connectivity index (χ3v) is 4.03. The number of carbonyl (C=O) groups excluding carboxylic acids is 3. The van der Waals surface area contributed by atoms with Gasteiger partial charge in [-0.1, -0.05) is 32.0 Å². The van der Waals surface area contributed by atoms with Gasteiger partial charge in [0.05, 0.1) is 12.5 Å². The molecule has 1 aliphatic rings. The Kier molecular flexibility index (Phi) is 6.35. The summed E-state index contributed by atoms with van der Waals surface area (Å²) in [6.07, 6.45) is 1.08. The quantitative estimate of drug-likeness (QED) is 0.791. The van der Waals surface area contributed by atoms with Crippen LogP contribution >= 0.6 is 0 Å². The van der Waals surface area contributed by atoms with Crippen LogP contribution in [0, 0.1) is 11.8 Å². The van der Waals surface area contributed by atoms with Crippen molar-refractivity contribution in [1.82, 2.24) is 10.6 Å². The number of carbonyl (C=O) groups is 3. The van der Waals surface area contributed by atoms with E-state index in [4.69, 9.17) is 0 Å². The lowest BCUT2D eigenvalue weighted by Gasteiger charge is -2.16. The molecule has 0 aliphatic carbocycles. The molecule has 1 fully saturated rings. The molecule has 0 aromatic heterocycles. The number of para-hydroxylation sites is 1. The lowest BCUT2D eigenvalue weighted by molar-refractivity contribution is -0.128. The fourth-order valence-electron chi connectivity index (χ4n) is 2.62. The second-order valence-electron chi connectivity index (χ2n) is 6.49. The molecule has 2 N–H and O–H groups in total. The second-order valence-corrected chi connectivity index (χ2v) is 6.49. The van der Waals surface area contributed by atoms with E-state index in [1.54, 1.807) is 4.90 Å². The first-order valence-electron chi connectivity index (χ1n) is 8.37. The Balaban J connectivity index is 1.77. The lowest BCUT2D eigenvalue weighted by atomic mass is 10.1. The topological polar surface area (TPSA) is 78.5 Å². The van der Waals surface area contributed by atoms with Crippen molar-refractivity contribution < 1.29 is 14.4 Å². The van der Waals surface area contributed by atoms with Crippen LogP contribution in [-0.4, -0.2) is 37.4 Å². The van der Waals surface area contributed by atoms with Gasteiger partial charge in [-0.3, -0.25) is 14.4 Å². The SMILES string of the molecule is CC(C)CCNC(=O)CNC(=O)[C@@H]1CC(=O)N(c2ccccc2)C1. The van der Waals surface area contributed by atoms with Crippen LogP contribution in [0.1, 0.15) is 26.7 Å². The summed E-state index contributed by atoms with van der Waals surface area (Å²) in [6.45, 7) is 5.08. The summed E-state index contributed by atoms with van der Waals surface area (Å²) in [4.78, 5) is 37.6. The largest absolute Gasteiger partial charge is 0.355 e. The highest BCUT2D eigenvalue weighted by Gasteiger charge is 2.35. The van der Waals surface area contributed by atoms with Crippen LogP contribution in [-0.2, 0) is 14.4 Å². The van der Waals surface area contributed by atoms with Crippen LogP contribution in [0.4, 0.5) is 5.69 Å². The van der Waals surface area contributed by atoms with Gasteiger partial charge in [-0.05, 0) is 24.5 Å². The Bertz CT molecular complexity index is 586. The van der Waals surface area contributed by atoms with Crippen molar-refractivity contribution in [1.29, 1.82) is 0 Å². The number of hydrogen-bond acceptors (Lipinski definition) is 3. The van der Waals surface area contributed by atoms with Crippen LogP contribution in [0.2, 0.25) is 0 Å². The molecule has 130 valence electrons. The van der Waals surface area contributed by atoms with E-state index in [2.05, 4.69) is 24.5 Å². The van der Waals surface area contributed by atoms with E-state index >= 15 is 0 Å². The molecule has 1 aromatic carbocycles. The van der Waals surface area contributed by atoms with E-state index in [1.807, 2.05) is 30.3 Å². The lowest BCUT2D eigenvalue weighted by Crippen LogP contribution is -2.40. The molecule has 6 nitrogen and oxygen atoms in total. The predicted octanol–water partition coefficient (Wildman–Crippen LogP) is 1.32. The first kappa shape index (κ1) is 18.0. The minimum Gasteiger partial charge on any atom is -0.355 e. The number of nitrogens with one attached hydrogen (secondary N) is 2. The van der Waals surface area contributed by atoms with Crippen molar-refractivity contribution in [3.63, 3.8) is 0 Å². The average Bonchev–Trinajstić information content (AvgIpc) is 2.95. The maximum absolute atomic E-state index is 12.2. The summed E-state index contributed by atoms with van der Waals surface area (Å²) >= 11 is 0. The smallest absolute Gasteiger partial charge is 0.239 e. The highest BCUT2D eigenvalue weighted by atomic mass is 16.2. The number of benzene rings is 1. The summed E-state index contributed by atoms with van der Waals surface area (Å²) in [5, 5.41) is 5.40. The van der Waals surface area contributed by atoms with Gasteiger partial charge in [0, 0.05) is 25.2 Å². The number of hydrogen-bond donors (Lipinski definition) is 2. The molecule has 1 heterocycles. The van der Waals surface area contributed by atoms with Crippen LogP contribution in [0.25, 0.3) is 0 Å². The molecule has 0 unspecified atom stereocenters. The molecule has 2 rings (SSSR count). The van der Waals surface area contributed by atoms with Crippen LogP contribution in [0.3, 0.4) is 0 Å². The third-order valence-electron chi connectivity index (χ3n) is 4.03. The van der Waals surface area contributed by atoms with Gasteiger partial charge in [0.2, 0.25) is 17.7 Å². The Morgan fingerprint density at radius 2 is 1.92 bits per heavy atom. The Labute approximate surface area is 142 Å². The molecule has 0 spiro atoms. The highest BCUT2D eigenvalue weighted by molar-refractivity contribution is 6.00. The van der Waals surface area contributed by atoms with E-state index in [-0.39, 0.29) is 30.7 Å². The number of nitrogens with zero attached hydrogens (tertiary/aromatic N) is 1. The van der Waals surface area contributed by atoms with Crippen molar-refractivity contribution in [2.45, 2.75) is 26.7 Å². The van der Waals surface area contributed by atoms with Gasteiger partial charge < -0.3 is 15.5 Å². The third kappa shape index (κ3) is 5.08. The van der Waals surface area contributed by atoms with Crippen LogP contribution < -0.4 is 15.5 Å². The summed E-state index contributed by atoms with van der Waals surface area (Å²) < 4.78 is 0. The molecule has 1 aliphatic heterocycles. The van der Waals surface area contributed by atoms with Gasteiger partial charge in [-0.2, -0.15) is 0 Å². The molecule has 0 saturated carbocycles. The summed E-state index contributed by atoms with van der Waals surface area (Å²) in [6, 6.07) is 9.29. The van der Waals surface area contributed by atoms with E-state index in [9.17, 15) is 14.4 Å². The molecule has 1 aromatic rings. The first-order chi connectivity index (χ1) is 11.5. The monoisotopic (exact) mass is 331 g/mol. The average molecular weight is 331 g/mol. The minimum atomic E-state index is -0.416. The van der Waals surface area contributed by atoms with Crippen molar-refractivity contribution in [3.8, 4) is 0 Å². The Morgan fingerprint density at radius 3 is 2.58 bits per heavy atom. The molecule has 3 amide bonds. The fraction of sp³-hybridized carbons (Fsp3) is 0.500. The normalized spacial score (nSPS) is 17.2. The maximum atomic E-state index is 12.2. The summed E-state index contributed by atoms with van der Waals surface area (Å²) in [5.41, 5.74) is 0.796. The van der Waals surface area contributed by atoms with E-state index in [1.165, 1.54) is 0 Å². The number of amides is 3. The van der Waals surface area contributed by atoms with Crippen molar-refractivity contribution in [2.75, 3.05) is 24.5 Å². The molecule has 6 heteroatoms.